The fourth-order valence-electron chi connectivity index (χ4n) is 4.20. The maximum Gasteiger partial charge on any atom is 0.231 e. The number of thiazole rings is 1. The van der Waals surface area contributed by atoms with Crippen LogP contribution in [0.3, 0.4) is 0 Å². The normalized spacial score (nSPS) is 20.9. The molecule has 0 bridgehead atoms. The molecule has 1 saturated heterocycles. The number of amides is 1. The standard InChI is InChI=1S/C21H28N2O3S/c1-14-10-11-17(25-2)18-19(14)27-21(22-18)23(13-16-9-6-12-26-16)20(24)15-7-4-3-5-8-15/h10-11,15-16H,3-9,12-13H2,1-2H3. The molecule has 0 N–H and O–H groups in total. The lowest BCUT2D eigenvalue weighted by molar-refractivity contribution is -0.123. The summed E-state index contributed by atoms with van der Waals surface area (Å²) in [4.78, 5) is 20.2. The van der Waals surface area contributed by atoms with Crippen molar-refractivity contribution in [1.29, 1.82) is 0 Å². The Kier molecular flexibility index (Phi) is 5.64. The minimum absolute atomic E-state index is 0.118. The number of aryl methyl sites for hydroxylation is 1. The molecule has 2 aliphatic rings. The van der Waals surface area contributed by atoms with Gasteiger partial charge in [-0.2, -0.15) is 0 Å². The van der Waals surface area contributed by atoms with Crippen LogP contribution in [0, 0.1) is 12.8 Å². The Hall–Kier alpha value is -1.66. The van der Waals surface area contributed by atoms with Crippen LogP contribution in [0.2, 0.25) is 0 Å². The van der Waals surface area contributed by atoms with Gasteiger partial charge in [0.1, 0.15) is 11.3 Å². The molecule has 1 unspecified atom stereocenters. The van der Waals surface area contributed by atoms with Crippen molar-refractivity contribution in [3.05, 3.63) is 17.7 Å². The van der Waals surface area contributed by atoms with Crippen molar-refractivity contribution < 1.29 is 14.3 Å². The molecule has 0 spiro atoms. The first-order valence-electron chi connectivity index (χ1n) is 10.0. The first kappa shape index (κ1) is 18.7. The third-order valence-electron chi connectivity index (χ3n) is 5.77. The van der Waals surface area contributed by atoms with Gasteiger partial charge < -0.3 is 9.47 Å². The molecular formula is C21H28N2O3S. The Morgan fingerprint density at radius 2 is 2.07 bits per heavy atom. The smallest absolute Gasteiger partial charge is 0.231 e. The second kappa shape index (κ2) is 8.15. The average molecular weight is 389 g/mol. The topological polar surface area (TPSA) is 51.7 Å². The first-order chi connectivity index (χ1) is 13.2. The number of carbonyl (C=O) groups excluding carboxylic acids is 1. The number of hydrogen-bond acceptors (Lipinski definition) is 5. The molecule has 2 heterocycles. The molecule has 146 valence electrons. The highest BCUT2D eigenvalue weighted by Gasteiger charge is 2.32. The van der Waals surface area contributed by atoms with Crippen molar-refractivity contribution in [2.75, 3.05) is 25.2 Å². The van der Waals surface area contributed by atoms with E-state index in [1.54, 1.807) is 18.4 Å². The molecule has 1 saturated carbocycles. The fraction of sp³-hybridized carbons (Fsp3) is 0.619. The molecule has 1 aromatic heterocycles. The van der Waals surface area contributed by atoms with Crippen molar-refractivity contribution in [3.8, 4) is 5.75 Å². The number of aromatic nitrogens is 1. The van der Waals surface area contributed by atoms with E-state index in [4.69, 9.17) is 14.5 Å². The molecule has 1 aliphatic heterocycles. The number of rotatable bonds is 5. The summed E-state index contributed by atoms with van der Waals surface area (Å²) in [5.74, 6) is 1.11. The molecule has 4 rings (SSSR count). The van der Waals surface area contributed by atoms with Gasteiger partial charge in [0.2, 0.25) is 5.91 Å². The van der Waals surface area contributed by atoms with Gasteiger partial charge in [-0.3, -0.25) is 9.69 Å². The Morgan fingerprint density at radius 1 is 1.26 bits per heavy atom. The van der Waals surface area contributed by atoms with E-state index in [1.807, 2.05) is 11.0 Å². The molecule has 2 fully saturated rings. The number of ether oxygens (including phenoxy) is 2. The summed E-state index contributed by atoms with van der Waals surface area (Å²) in [5.41, 5.74) is 2.02. The molecule has 1 aromatic carbocycles. The van der Waals surface area contributed by atoms with Crippen LogP contribution >= 0.6 is 11.3 Å². The van der Waals surface area contributed by atoms with Crippen molar-refractivity contribution in [3.63, 3.8) is 0 Å². The highest BCUT2D eigenvalue weighted by atomic mass is 32.1. The summed E-state index contributed by atoms with van der Waals surface area (Å²) >= 11 is 1.60. The number of fused-ring (bicyclic) bond motifs is 1. The maximum atomic E-state index is 13.4. The van der Waals surface area contributed by atoms with Gasteiger partial charge in [-0.1, -0.05) is 36.7 Å². The van der Waals surface area contributed by atoms with Crippen LogP contribution in [0.4, 0.5) is 5.13 Å². The van der Waals surface area contributed by atoms with Crippen LogP contribution < -0.4 is 9.64 Å². The second-order valence-electron chi connectivity index (χ2n) is 7.68. The monoisotopic (exact) mass is 388 g/mol. The predicted octanol–water partition coefficient (Wildman–Crippen LogP) is 4.71. The van der Waals surface area contributed by atoms with Crippen LogP contribution in [0.25, 0.3) is 10.2 Å². The molecule has 5 nitrogen and oxygen atoms in total. The lowest BCUT2D eigenvalue weighted by Crippen LogP contribution is -2.41. The van der Waals surface area contributed by atoms with Gasteiger partial charge in [-0.05, 0) is 44.2 Å². The van der Waals surface area contributed by atoms with Gasteiger partial charge in [-0.25, -0.2) is 4.98 Å². The Labute approximate surface area is 164 Å². The van der Waals surface area contributed by atoms with Crippen LogP contribution in [-0.4, -0.2) is 37.3 Å². The van der Waals surface area contributed by atoms with Gasteiger partial charge in [-0.15, -0.1) is 0 Å². The van der Waals surface area contributed by atoms with Crippen LogP contribution in [-0.2, 0) is 9.53 Å². The molecular weight excluding hydrogens is 360 g/mol. The number of benzene rings is 1. The van der Waals surface area contributed by atoms with Gasteiger partial charge in [0.05, 0.1) is 24.5 Å². The van der Waals surface area contributed by atoms with Crippen molar-refractivity contribution in [1.82, 2.24) is 4.98 Å². The minimum Gasteiger partial charge on any atom is -0.494 e. The summed E-state index contributed by atoms with van der Waals surface area (Å²) in [6.07, 6.45) is 7.74. The van der Waals surface area contributed by atoms with E-state index in [0.717, 1.165) is 71.8 Å². The zero-order valence-corrected chi connectivity index (χ0v) is 17.0. The summed E-state index contributed by atoms with van der Waals surface area (Å²) in [7, 11) is 1.67. The predicted molar refractivity (Wildman–Crippen MR) is 109 cm³/mol. The average Bonchev–Trinajstić information content (AvgIpc) is 3.37. The summed E-state index contributed by atoms with van der Waals surface area (Å²) < 4.78 is 12.4. The highest BCUT2D eigenvalue weighted by Crippen LogP contribution is 2.38. The lowest BCUT2D eigenvalue weighted by atomic mass is 9.88. The minimum atomic E-state index is 0.118. The molecule has 6 heteroatoms. The molecule has 2 aromatic rings. The van der Waals surface area contributed by atoms with E-state index in [1.165, 1.54) is 6.42 Å². The van der Waals surface area contributed by atoms with E-state index in [0.29, 0.717) is 6.54 Å². The van der Waals surface area contributed by atoms with Gasteiger partial charge in [0, 0.05) is 12.5 Å². The zero-order chi connectivity index (χ0) is 18.8. The zero-order valence-electron chi connectivity index (χ0n) is 16.2. The Bertz CT molecular complexity index is 807. The number of methoxy groups -OCH3 is 1. The Morgan fingerprint density at radius 3 is 2.78 bits per heavy atom. The third kappa shape index (κ3) is 3.83. The highest BCUT2D eigenvalue weighted by molar-refractivity contribution is 7.22. The SMILES string of the molecule is COc1ccc(C)c2sc(N(CC3CCCO3)C(=O)C3CCCCC3)nc12. The first-order valence-corrected chi connectivity index (χ1v) is 10.9. The van der Waals surface area contributed by atoms with Gasteiger partial charge in [0.25, 0.3) is 0 Å². The molecule has 0 radical (unpaired) electrons. The number of nitrogens with zero attached hydrogens (tertiary/aromatic N) is 2. The second-order valence-corrected chi connectivity index (χ2v) is 8.66. The molecule has 27 heavy (non-hydrogen) atoms. The quantitative estimate of drug-likeness (QED) is 0.745. The van der Waals surface area contributed by atoms with E-state index in [2.05, 4.69) is 13.0 Å². The van der Waals surface area contributed by atoms with E-state index in [-0.39, 0.29) is 17.9 Å². The van der Waals surface area contributed by atoms with E-state index < -0.39 is 0 Å². The fourth-order valence-corrected chi connectivity index (χ4v) is 5.27. The van der Waals surface area contributed by atoms with Crippen LogP contribution in [0.5, 0.6) is 5.75 Å². The largest absolute Gasteiger partial charge is 0.494 e. The van der Waals surface area contributed by atoms with Crippen molar-refractivity contribution in [2.24, 2.45) is 5.92 Å². The van der Waals surface area contributed by atoms with Gasteiger partial charge in [0.15, 0.2) is 5.13 Å². The molecule has 1 amide bonds. The lowest BCUT2D eigenvalue weighted by Gasteiger charge is -2.29. The maximum absolute atomic E-state index is 13.4. The van der Waals surface area contributed by atoms with Crippen molar-refractivity contribution >= 4 is 32.6 Å². The molecule has 1 atom stereocenters. The number of anilines is 1. The molecule has 1 aliphatic carbocycles. The Balaban J connectivity index is 1.69. The van der Waals surface area contributed by atoms with E-state index in [9.17, 15) is 4.79 Å². The van der Waals surface area contributed by atoms with Crippen LogP contribution in [0.1, 0.15) is 50.5 Å². The summed E-state index contributed by atoms with van der Waals surface area (Å²) in [5, 5.41) is 0.781. The third-order valence-corrected chi connectivity index (χ3v) is 6.99. The van der Waals surface area contributed by atoms with Gasteiger partial charge >= 0.3 is 0 Å². The van der Waals surface area contributed by atoms with Crippen molar-refractivity contribution in [2.45, 2.75) is 58.0 Å². The van der Waals surface area contributed by atoms with Crippen LogP contribution in [0.15, 0.2) is 12.1 Å². The summed E-state index contributed by atoms with van der Waals surface area (Å²) in [6.45, 7) is 3.48. The number of carbonyl (C=O) groups is 1. The summed E-state index contributed by atoms with van der Waals surface area (Å²) in [6, 6.07) is 4.01. The number of hydrogen-bond donors (Lipinski definition) is 0. The van der Waals surface area contributed by atoms with E-state index >= 15 is 0 Å².